The number of nitrogens with zero attached hydrogens (tertiary/aromatic N) is 1. The van der Waals surface area contributed by atoms with E-state index in [1.165, 1.54) is 17.5 Å². The van der Waals surface area contributed by atoms with Gasteiger partial charge < -0.3 is 5.11 Å². The number of aryl methyl sites for hydroxylation is 1. The number of rotatable bonds is 4. The summed E-state index contributed by atoms with van der Waals surface area (Å²) in [5, 5.41) is 9.01. The summed E-state index contributed by atoms with van der Waals surface area (Å²) < 4.78 is 38.1. The van der Waals surface area contributed by atoms with Crippen molar-refractivity contribution in [3.8, 4) is 0 Å². The highest BCUT2D eigenvalue weighted by Gasteiger charge is 2.23. The fourth-order valence-electron chi connectivity index (χ4n) is 1.64. The fourth-order valence-corrected chi connectivity index (χ4v) is 4.32. The molecule has 2 rings (SSSR count). The zero-order valence-electron chi connectivity index (χ0n) is 10.6. The van der Waals surface area contributed by atoms with Crippen molar-refractivity contribution in [2.75, 3.05) is 0 Å². The van der Waals surface area contributed by atoms with Crippen LogP contribution in [0.1, 0.15) is 20.2 Å². The molecule has 112 valence electrons. The van der Waals surface area contributed by atoms with E-state index in [-0.39, 0.29) is 5.75 Å². The monoisotopic (exact) mass is 349 g/mol. The van der Waals surface area contributed by atoms with E-state index < -0.39 is 37.1 Å². The zero-order chi connectivity index (χ0) is 15.8. The molecule has 0 aliphatic rings. The second-order valence-electron chi connectivity index (χ2n) is 4.18. The normalized spacial score (nSPS) is 11.6. The Morgan fingerprint density at radius 3 is 2.67 bits per heavy atom. The van der Waals surface area contributed by atoms with Crippen molar-refractivity contribution in [1.29, 1.82) is 0 Å². The van der Waals surface area contributed by atoms with Crippen LogP contribution >= 0.6 is 22.9 Å². The number of thiazole rings is 1. The summed E-state index contributed by atoms with van der Waals surface area (Å²) in [6.07, 6.45) is 1.42. The van der Waals surface area contributed by atoms with Crippen molar-refractivity contribution in [3.63, 3.8) is 0 Å². The standard InChI is InChI=1S/C12H9ClFNO4S2/c1-6-15-4-7(20-6)5-21(18,19)8-2-9(12(16)17)11(13)10(14)3-8/h2-4H,5H2,1H3,(H,16,17). The van der Waals surface area contributed by atoms with Crippen LogP contribution in [0.25, 0.3) is 0 Å². The lowest BCUT2D eigenvalue weighted by Gasteiger charge is -2.06. The van der Waals surface area contributed by atoms with E-state index in [1.54, 1.807) is 6.92 Å². The number of carboxylic acid groups (broad SMARTS) is 1. The van der Waals surface area contributed by atoms with E-state index in [4.69, 9.17) is 16.7 Å². The van der Waals surface area contributed by atoms with Gasteiger partial charge in [-0.3, -0.25) is 0 Å². The Bertz CT molecular complexity index is 817. The largest absolute Gasteiger partial charge is 0.478 e. The minimum Gasteiger partial charge on any atom is -0.478 e. The van der Waals surface area contributed by atoms with Crippen LogP contribution < -0.4 is 0 Å². The minimum absolute atomic E-state index is 0.376. The van der Waals surface area contributed by atoms with E-state index >= 15 is 0 Å². The molecule has 9 heteroatoms. The van der Waals surface area contributed by atoms with Crippen molar-refractivity contribution < 1.29 is 22.7 Å². The quantitative estimate of drug-likeness (QED) is 0.917. The van der Waals surface area contributed by atoms with Gasteiger partial charge in [-0.25, -0.2) is 22.6 Å². The number of carbonyl (C=O) groups is 1. The predicted octanol–water partition coefficient (Wildman–Crippen LogP) is 2.92. The average molecular weight is 350 g/mol. The first kappa shape index (κ1) is 15.9. The van der Waals surface area contributed by atoms with Gasteiger partial charge in [0.05, 0.1) is 26.2 Å². The molecule has 21 heavy (non-hydrogen) atoms. The number of hydrogen-bond donors (Lipinski definition) is 1. The number of benzene rings is 1. The maximum absolute atomic E-state index is 13.6. The van der Waals surface area contributed by atoms with Crippen molar-refractivity contribution in [2.24, 2.45) is 0 Å². The molecule has 0 unspecified atom stereocenters. The first-order valence-corrected chi connectivity index (χ1v) is 8.42. The fraction of sp³-hybridized carbons (Fsp3) is 0.167. The lowest BCUT2D eigenvalue weighted by Crippen LogP contribution is -2.08. The van der Waals surface area contributed by atoms with Crippen LogP contribution in [-0.2, 0) is 15.6 Å². The molecule has 0 aliphatic carbocycles. The first-order chi connectivity index (χ1) is 9.70. The van der Waals surface area contributed by atoms with Gasteiger partial charge in [-0.15, -0.1) is 11.3 Å². The molecule has 0 atom stereocenters. The van der Waals surface area contributed by atoms with Gasteiger partial charge >= 0.3 is 5.97 Å². The molecule has 0 bridgehead atoms. The van der Waals surface area contributed by atoms with Gasteiger partial charge in [0.25, 0.3) is 0 Å². The maximum atomic E-state index is 13.6. The Labute approximate surface area is 128 Å². The summed E-state index contributed by atoms with van der Waals surface area (Å²) in [4.78, 5) is 15.0. The van der Waals surface area contributed by atoms with Gasteiger partial charge in [-0.05, 0) is 19.1 Å². The number of halogens is 2. The van der Waals surface area contributed by atoms with Crippen LogP contribution in [0.3, 0.4) is 0 Å². The smallest absolute Gasteiger partial charge is 0.337 e. The number of aromatic nitrogens is 1. The van der Waals surface area contributed by atoms with Gasteiger partial charge in [-0.2, -0.15) is 0 Å². The molecule has 1 aromatic carbocycles. The lowest BCUT2D eigenvalue weighted by atomic mass is 10.2. The van der Waals surface area contributed by atoms with Crippen LogP contribution in [-0.4, -0.2) is 24.5 Å². The molecule has 0 fully saturated rings. The van der Waals surface area contributed by atoms with E-state index in [1.807, 2.05) is 0 Å². The summed E-state index contributed by atoms with van der Waals surface area (Å²) in [6, 6.07) is 1.58. The molecule has 0 saturated heterocycles. The molecular formula is C12H9ClFNO4S2. The molecule has 0 aliphatic heterocycles. The highest BCUT2D eigenvalue weighted by Crippen LogP contribution is 2.27. The zero-order valence-corrected chi connectivity index (χ0v) is 13.0. The second kappa shape index (κ2) is 5.70. The Morgan fingerprint density at radius 1 is 1.48 bits per heavy atom. The van der Waals surface area contributed by atoms with Crippen LogP contribution in [0.5, 0.6) is 0 Å². The lowest BCUT2D eigenvalue weighted by molar-refractivity contribution is 0.0696. The first-order valence-electron chi connectivity index (χ1n) is 5.57. The topological polar surface area (TPSA) is 84.3 Å². The van der Waals surface area contributed by atoms with E-state index in [2.05, 4.69) is 4.98 Å². The molecule has 0 radical (unpaired) electrons. The Morgan fingerprint density at radius 2 is 2.14 bits per heavy atom. The van der Waals surface area contributed by atoms with Crippen LogP contribution in [0.15, 0.2) is 23.2 Å². The van der Waals surface area contributed by atoms with Crippen LogP contribution in [0, 0.1) is 12.7 Å². The summed E-state index contributed by atoms with van der Waals surface area (Å²) in [6.45, 7) is 1.73. The maximum Gasteiger partial charge on any atom is 0.337 e. The Balaban J connectivity index is 2.47. The van der Waals surface area contributed by atoms with Crippen molar-refractivity contribution in [3.05, 3.63) is 44.6 Å². The van der Waals surface area contributed by atoms with Crippen LogP contribution in [0.4, 0.5) is 4.39 Å². The highest BCUT2D eigenvalue weighted by molar-refractivity contribution is 7.90. The van der Waals surface area contributed by atoms with Gasteiger partial charge in [-0.1, -0.05) is 11.6 Å². The molecule has 1 aromatic heterocycles. The van der Waals surface area contributed by atoms with Gasteiger partial charge in [0.1, 0.15) is 5.82 Å². The van der Waals surface area contributed by atoms with E-state index in [0.717, 1.165) is 12.1 Å². The van der Waals surface area contributed by atoms with Crippen molar-refractivity contribution in [2.45, 2.75) is 17.6 Å². The summed E-state index contributed by atoms with van der Waals surface area (Å²) >= 11 is 6.72. The molecule has 0 amide bonds. The summed E-state index contributed by atoms with van der Waals surface area (Å²) in [7, 11) is -3.89. The molecule has 1 N–H and O–H groups in total. The van der Waals surface area contributed by atoms with Crippen LogP contribution in [0.2, 0.25) is 5.02 Å². The molecule has 2 aromatic rings. The van der Waals surface area contributed by atoms with E-state index in [9.17, 15) is 17.6 Å². The highest BCUT2D eigenvalue weighted by atomic mass is 35.5. The number of sulfone groups is 1. The summed E-state index contributed by atoms with van der Waals surface area (Å²) in [5.74, 6) is -2.96. The Kier molecular flexibility index (Phi) is 4.31. The van der Waals surface area contributed by atoms with Gasteiger partial charge in [0, 0.05) is 11.1 Å². The average Bonchev–Trinajstić information content (AvgIpc) is 2.76. The predicted molar refractivity (Wildman–Crippen MR) is 76.1 cm³/mol. The van der Waals surface area contributed by atoms with Gasteiger partial charge in [0.15, 0.2) is 9.84 Å². The minimum atomic E-state index is -3.89. The van der Waals surface area contributed by atoms with Crippen molar-refractivity contribution >= 4 is 38.7 Å². The molecule has 0 saturated carbocycles. The third-order valence-electron chi connectivity index (χ3n) is 2.59. The SMILES string of the molecule is Cc1ncc(CS(=O)(=O)c2cc(F)c(Cl)c(C(=O)O)c2)s1. The van der Waals surface area contributed by atoms with Crippen molar-refractivity contribution in [1.82, 2.24) is 4.98 Å². The molecule has 5 nitrogen and oxygen atoms in total. The second-order valence-corrected chi connectivity index (χ2v) is 7.86. The summed E-state index contributed by atoms with van der Waals surface area (Å²) in [5.41, 5.74) is -0.587. The number of hydrogen-bond acceptors (Lipinski definition) is 5. The third kappa shape index (κ3) is 3.39. The van der Waals surface area contributed by atoms with E-state index in [0.29, 0.717) is 9.88 Å². The third-order valence-corrected chi connectivity index (χ3v) is 5.72. The molecular weight excluding hydrogens is 341 g/mol. The molecule has 0 spiro atoms. The number of carboxylic acids is 1. The van der Waals surface area contributed by atoms with Gasteiger partial charge in [0.2, 0.25) is 0 Å². The molecule has 1 heterocycles. The Hall–Kier alpha value is -1.51. The number of aromatic carboxylic acids is 1.